The van der Waals surface area contributed by atoms with Gasteiger partial charge in [0.25, 0.3) is 0 Å². The number of phenols is 1. The van der Waals surface area contributed by atoms with Crippen LogP contribution in [0.1, 0.15) is 39.2 Å². The summed E-state index contributed by atoms with van der Waals surface area (Å²) in [6.07, 6.45) is 2.32. The molecule has 2 atom stereocenters. The molecule has 2 unspecified atom stereocenters. The Morgan fingerprint density at radius 2 is 2.09 bits per heavy atom. The summed E-state index contributed by atoms with van der Waals surface area (Å²) in [6, 6.07) is 15.6. The van der Waals surface area contributed by atoms with E-state index in [1.165, 1.54) is 19.2 Å². The van der Waals surface area contributed by atoms with Crippen LogP contribution in [0.2, 0.25) is 0 Å². The van der Waals surface area contributed by atoms with Gasteiger partial charge in [0.15, 0.2) is 0 Å². The van der Waals surface area contributed by atoms with Crippen molar-refractivity contribution in [2.24, 2.45) is 10.4 Å². The fraction of sp³-hybridized carbons (Fsp3) is 0.357. The van der Waals surface area contributed by atoms with E-state index in [9.17, 15) is 5.11 Å². The summed E-state index contributed by atoms with van der Waals surface area (Å²) in [5.41, 5.74) is 2.34. The molecular formula is C28H32FKN2O2P-. The molecule has 180 valence electrons. The van der Waals surface area contributed by atoms with Crippen molar-refractivity contribution in [1.82, 2.24) is 4.90 Å². The molecule has 3 aromatic carbocycles. The first-order valence-electron chi connectivity index (χ1n) is 11.7. The standard InChI is InChI=1S/C28H32FN2O2P.K/c1-4-31-11-7-10-28(3,16-31)17-33-18-30-19(2)21-13-25(29)27(26(34)14-21)24-15-22(32)12-20-8-5-6-9-23(20)24;/h5-6,8-9,12-13,15,18,32H,4,7,10-11,16-17,34H2,1-3H3;/q-2;+1/b30-19-;. The summed E-state index contributed by atoms with van der Waals surface area (Å²) >= 11 is 0. The molecule has 1 heterocycles. The fourth-order valence-electron chi connectivity index (χ4n) is 4.78. The second-order valence-corrected chi connectivity index (χ2v) is 10.0. The van der Waals surface area contributed by atoms with E-state index in [1.54, 1.807) is 12.1 Å². The maximum absolute atomic E-state index is 15.4. The monoisotopic (exact) mass is 517 g/mol. The molecule has 0 saturated carbocycles. The number of nitrogens with zero attached hydrogens (tertiary/aromatic N) is 2. The van der Waals surface area contributed by atoms with Crippen molar-refractivity contribution in [1.29, 1.82) is 0 Å². The Kier molecular flexibility index (Phi) is 10.4. The molecule has 1 aliphatic heterocycles. The van der Waals surface area contributed by atoms with Crippen molar-refractivity contribution in [2.45, 2.75) is 33.6 Å². The van der Waals surface area contributed by atoms with Gasteiger partial charge in [0.05, 0.1) is 5.82 Å². The van der Waals surface area contributed by atoms with E-state index in [2.05, 4.69) is 39.0 Å². The van der Waals surface area contributed by atoms with Crippen LogP contribution in [0.3, 0.4) is 0 Å². The van der Waals surface area contributed by atoms with Crippen molar-refractivity contribution >= 4 is 31.0 Å². The SMILES string of the molecule is CCN1CCCC(C)(CO[CH-]/N=C(/C)c2[c-]c(P)c(-c3cc(O)cc4ccccc34)c(F)c2)C1.[K+]. The van der Waals surface area contributed by atoms with Crippen molar-refractivity contribution in [3.63, 3.8) is 0 Å². The molecule has 7 heteroatoms. The van der Waals surface area contributed by atoms with Gasteiger partial charge in [-0.25, -0.2) is 4.39 Å². The first-order valence-corrected chi connectivity index (χ1v) is 12.3. The quantitative estimate of drug-likeness (QED) is 0.172. The minimum Gasteiger partial charge on any atom is -0.508 e. The normalized spacial score (nSPS) is 18.9. The number of fused-ring (bicyclic) bond motifs is 1. The van der Waals surface area contributed by atoms with Gasteiger partial charge < -0.3 is 19.7 Å². The largest absolute Gasteiger partial charge is 1.00 e. The van der Waals surface area contributed by atoms with Crippen LogP contribution in [-0.2, 0) is 4.74 Å². The van der Waals surface area contributed by atoms with Crippen LogP contribution < -0.4 is 56.7 Å². The third-order valence-electron chi connectivity index (χ3n) is 6.61. The number of phenolic OH excluding ortho intramolecular Hbond substituents is 1. The van der Waals surface area contributed by atoms with Gasteiger partial charge >= 0.3 is 51.4 Å². The molecule has 0 aliphatic carbocycles. The van der Waals surface area contributed by atoms with Gasteiger partial charge in [-0.15, -0.1) is 32.2 Å². The molecule has 4 rings (SSSR count). The number of halogens is 1. The van der Waals surface area contributed by atoms with Gasteiger partial charge in [-0.3, -0.25) is 0 Å². The molecule has 0 spiro atoms. The minimum atomic E-state index is -0.389. The average molecular weight is 518 g/mol. The van der Waals surface area contributed by atoms with E-state index in [4.69, 9.17) is 4.74 Å². The Labute approximate surface area is 253 Å². The Morgan fingerprint density at radius 3 is 2.83 bits per heavy atom. The van der Waals surface area contributed by atoms with Crippen LogP contribution in [0.5, 0.6) is 5.75 Å². The Morgan fingerprint density at radius 1 is 1.31 bits per heavy atom. The summed E-state index contributed by atoms with van der Waals surface area (Å²) in [4.78, 5) is 6.86. The van der Waals surface area contributed by atoms with Crippen LogP contribution >= 0.6 is 9.24 Å². The predicted molar refractivity (Wildman–Crippen MR) is 141 cm³/mol. The van der Waals surface area contributed by atoms with Crippen LogP contribution in [-0.4, -0.2) is 42.0 Å². The Hall–Kier alpha value is -0.824. The number of hydrogen-bond acceptors (Lipinski definition) is 4. The zero-order chi connectivity index (χ0) is 24.3. The number of rotatable bonds is 7. The average Bonchev–Trinajstić information content (AvgIpc) is 2.81. The number of aliphatic imine (C=N–C) groups is 1. The van der Waals surface area contributed by atoms with E-state index in [0.29, 0.717) is 34.3 Å². The molecule has 3 aromatic rings. The molecule has 1 fully saturated rings. The zero-order valence-corrected chi connectivity index (χ0v) is 25.3. The Bertz CT molecular complexity index is 1200. The molecule has 1 saturated heterocycles. The van der Waals surface area contributed by atoms with E-state index < -0.39 is 0 Å². The number of ether oxygens (including phenoxy) is 1. The molecular weight excluding hydrogens is 485 g/mol. The smallest absolute Gasteiger partial charge is 0.508 e. The number of piperidine rings is 1. The van der Waals surface area contributed by atoms with Gasteiger partial charge in [0, 0.05) is 18.6 Å². The zero-order valence-electron chi connectivity index (χ0n) is 21.1. The molecule has 4 nitrogen and oxygen atoms in total. The number of aromatic hydroxyl groups is 1. The number of benzene rings is 3. The van der Waals surface area contributed by atoms with Gasteiger partial charge in [-0.2, -0.15) is 0 Å². The van der Waals surface area contributed by atoms with Crippen LogP contribution in [0.25, 0.3) is 21.9 Å². The molecule has 0 aromatic heterocycles. The molecule has 0 bridgehead atoms. The fourth-order valence-corrected chi connectivity index (χ4v) is 5.23. The maximum Gasteiger partial charge on any atom is 1.00 e. The van der Waals surface area contributed by atoms with E-state index in [0.717, 1.165) is 36.8 Å². The minimum absolute atomic E-state index is 0. The van der Waals surface area contributed by atoms with Gasteiger partial charge in [-0.05, 0) is 61.1 Å². The molecule has 0 amide bonds. The Balaban J connectivity index is 0.00000342. The number of hydrogen-bond donors (Lipinski definition) is 1. The summed E-state index contributed by atoms with van der Waals surface area (Å²) in [6.45, 7) is 11.6. The van der Waals surface area contributed by atoms with E-state index in [-0.39, 0.29) is 68.4 Å². The third-order valence-corrected chi connectivity index (χ3v) is 7.05. The second-order valence-electron chi connectivity index (χ2n) is 9.45. The van der Waals surface area contributed by atoms with Gasteiger partial charge in [0.2, 0.25) is 0 Å². The van der Waals surface area contributed by atoms with Crippen LogP contribution in [0, 0.1) is 24.0 Å². The predicted octanol–water partition coefficient (Wildman–Crippen LogP) is 2.72. The third kappa shape index (κ3) is 6.94. The summed E-state index contributed by atoms with van der Waals surface area (Å²) in [5.74, 6) is -0.292. The van der Waals surface area contributed by atoms with Gasteiger partial charge in [-0.1, -0.05) is 56.3 Å². The van der Waals surface area contributed by atoms with Crippen molar-refractivity contribution in [3.05, 3.63) is 66.6 Å². The van der Waals surface area contributed by atoms with Crippen molar-refractivity contribution < 1.29 is 65.6 Å². The maximum atomic E-state index is 15.4. The molecule has 1 aliphatic rings. The topological polar surface area (TPSA) is 45.1 Å². The van der Waals surface area contributed by atoms with E-state index in [1.807, 2.05) is 31.2 Å². The van der Waals surface area contributed by atoms with Crippen LogP contribution in [0.15, 0.2) is 47.5 Å². The van der Waals surface area contributed by atoms with Crippen molar-refractivity contribution in [2.75, 3.05) is 26.2 Å². The first kappa shape index (κ1) is 28.7. The van der Waals surface area contributed by atoms with E-state index >= 15 is 4.39 Å². The van der Waals surface area contributed by atoms with Gasteiger partial charge in [0.1, 0.15) is 5.75 Å². The second kappa shape index (κ2) is 12.6. The first-order chi connectivity index (χ1) is 16.3. The van der Waals surface area contributed by atoms with Crippen molar-refractivity contribution in [3.8, 4) is 16.9 Å². The summed E-state index contributed by atoms with van der Waals surface area (Å²) in [7, 11) is 2.57. The molecule has 1 N–H and O–H groups in total. The van der Waals surface area contributed by atoms with Crippen LogP contribution in [0.4, 0.5) is 4.39 Å². The molecule has 0 radical (unpaired) electrons. The molecule has 35 heavy (non-hydrogen) atoms. The number of likely N-dealkylation sites (tertiary alicyclic amines) is 1. The summed E-state index contributed by atoms with van der Waals surface area (Å²) < 4.78 is 21.1. The summed E-state index contributed by atoms with van der Waals surface area (Å²) in [5, 5.41) is 12.5.